The molecule has 0 bridgehead atoms. The van der Waals surface area contributed by atoms with Crippen molar-refractivity contribution in [2.45, 2.75) is 10.1 Å². The van der Waals surface area contributed by atoms with Crippen LogP contribution >= 0.6 is 50.9 Å². The second kappa shape index (κ2) is 15.8. The van der Waals surface area contributed by atoms with Gasteiger partial charge in [-0.05, 0) is 83.9 Å². The van der Waals surface area contributed by atoms with Crippen molar-refractivity contribution in [2.24, 2.45) is 0 Å². The van der Waals surface area contributed by atoms with E-state index >= 15 is 0 Å². The Morgan fingerprint density at radius 2 is 1.35 bits per heavy atom. The molecule has 0 saturated heterocycles. The van der Waals surface area contributed by atoms with Crippen molar-refractivity contribution in [3.63, 3.8) is 0 Å². The number of rotatable bonds is 10. The highest BCUT2D eigenvalue weighted by Gasteiger charge is 2.23. The molecule has 46 heavy (non-hydrogen) atoms. The van der Waals surface area contributed by atoms with Gasteiger partial charge in [-0.25, -0.2) is 0 Å². The van der Waals surface area contributed by atoms with Gasteiger partial charge >= 0.3 is 0 Å². The van der Waals surface area contributed by atoms with E-state index in [4.69, 9.17) is 23.2 Å². The molecule has 0 aliphatic heterocycles. The van der Waals surface area contributed by atoms with Crippen LogP contribution in [-0.4, -0.2) is 17.7 Å². The number of nitrogens with one attached hydrogen (secondary N) is 3. The van der Waals surface area contributed by atoms with Gasteiger partial charge < -0.3 is 16.0 Å². The summed E-state index contributed by atoms with van der Waals surface area (Å²) in [5, 5.41) is 8.76. The van der Waals surface area contributed by atoms with Crippen molar-refractivity contribution >= 4 is 86.1 Å². The molecular formula is C36H26BrCl2N3O3S. The third-order valence-electron chi connectivity index (χ3n) is 6.53. The van der Waals surface area contributed by atoms with Crippen LogP contribution in [0.2, 0.25) is 10.0 Å². The maximum atomic E-state index is 13.5. The quantitative estimate of drug-likeness (QED) is 0.0987. The molecule has 0 radical (unpaired) electrons. The van der Waals surface area contributed by atoms with Gasteiger partial charge in [0.05, 0.1) is 0 Å². The maximum absolute atomic E-state index is 13.5. The number of amides is 3. The molecule has 0 spiro atoms. The van der Waals surface area contributed by atoms with Gasteiger partial charge in [0.2, 0.25) is 5.91 Å². The van der Waals surface area contributed by atoms with Crippen LogP contribution in [-0.2, 0) is 9.59 Å². The van der Waals surface area contributed by atoms with E-state index in [2.05, 4.69) is 31.9 Å². The maximum Gasteiger partial charge on any atom is 0.272 e. The van der Waals surface area contributed by atoms with Gasteiger partial charge in [-0.2, -0.15) is 0 Å². The third-order valence-corrected chi connectivity index (χ3v) is 8.72. The predicted octanol–water partition coefficient (Wildman–Crippen LogP) is 9.64. The average Bonchev–Trinajstić information content (AvgIpc) is 3.04. The standard InChI is InChI=1S/C36H26BrCl2N3O3S/c37-26-13-7-8-23(18-26)19-32(42-34(43)25-11-5-2-6-12-25)35(44)40-29-14-16-31(17-15-29)46-33(24-9-3-1-4-10-24)36(45)41-30-21-27(38)20-28(39)22-30/h1-22,33H,(H,40,44)(H,41,45)(H,42,43)/b32-19-. The molecule has 0 heterocycles. The van der Waals surface area contributed by atoms with E-state index in [1.165, 1.54) is 11.8 Å². The minimum atomic E-state index is -0.590. The number of hydrogen-bond donors (Lipinski definition) is 3. The van der Waals surface area contributed by atoms with Gasteiger partial charge in [0.25, 0.3) is 11.8 Å². The van der Waals surface area contributed by atoms with Crippen molar-refractivity contribution < 1.29 is 14.4 Å². The Bertz CT molecular complexity index is 1870. The average molecular weight is 731 g/mol. The Hall–Kier alpha value is -4.34. The van der Waals surface area contributed by atoms with Crippen molar-refractivity contribution in [3.05, 3.63) is 164 Å². The van der Waals surface area contributed by atoms with E-state index in [9.17, 15) is 14.4 Å². The van der Waals surface area contributed by atoms with Crippen LogP contribution in [0, 0.1) is 0 Å². The Morgan fingerprint density at radius 3 is 2.00 bits per heavy atom. The first-order valence-electron chi connectivity index (χ1n) is 14.0. The lowest BCUT2D eigenvalue weighted by atomic mass is 10.1. The lowest BCUT2D eigenvalue weighted by molar-refractivity contribution is -0.116. The van der Waals surface area contributed by atoms with Crippen molar-refractivity contribution in [2.75, 3.05) is 10.6 Å². The first-order valence-corrected chi connectivity index (χ1v) is 16.4. The van der Waals surface area contributed by atoms with Gasteiger partial charge in [-0.3, -0.25) is 14.4 Å². The van der Waals surface area contributed by atoms with E-state index in [-0.39, 0.29) is 11.6 Å². The summed E-state index contributed by atoms with van der Waals surface area (Å²) in [6.45, 7) is 0. The van der Waals surface area contributed by atoms with Crippen molar-refractivity contribution in [1.29, 1.82) is 0 Å². The number of carbonyl (C=O) groups is 3. The Labute approximate surface area is 289 Å². The minimum Gasteiger partial charge on any atom is -0.325 e. The SMILES string of the molecule is O=C(Nc1ccc(SC(C(=O)Nc2cc(Cl)cc(Cl)c2)c2ccccc2)cc1)/C(=C/c1cccc(Br)c1)NC(=O)c1ccccc1. The first-order chi connectivity index (χ1) is 22.2. The van der Waals surface area contributed by atoms with Crippen LogP contribution in [0.1, 0.15) is 26.7 Å². The molecule has 1 atom stereocenters. The van der Waals surface area contributed by atoms with Gasteiger partial charge in [0, 0.05) is 36.4 Å². The highest BCUT2D eigenvalue weighted by molar-refractivity contribution is 9.10. The van der Waals surface area contributed by atoms with Crippen LogP contribution in [0.5, 0.6) is 0 Å². The molecule has 3 N–H and O–H groups in total. The molecule has 5 rings (SSSR count). The summed E-state index contributed by atoms with van der Waals surface area (Å²) < 4.78 is 0.835. The van der Waals surface area contributed by atoms with E-state index in [0.29, 0.717) is 27.0 Å². The fraction of sp³-hybridized carbons (Fsp3) is 0.0278. The number of halogens is 3. The monoisotopic (exact) mass is 729 g/mol. The van der Waals surface area contributed by atoms with Gasteiger partial charge in [-0.15, -0.1) is 11.8 Å². The van der Waals surface area contributed by atoms with E-state index in [0.717, 1.165) is 20.5 Å². The molecule has 0 fully saturated rings. The number of carbonyl (C=O) groups excluding carboxylic acids is 3. The summed E-state index contributed by atoms with van der Waals surface area (Å²) in [4.78, 5) is 40.7. The Kier molecular flexibility index (Phi) is 11.3. The number of benzene rings is 5. The van der Waals surface area contributed by atoms with Gasteiger partial charge in [-0.1, -0.05) is 99.8 Å². The summed E-state index contributed by atoms with van der Waals surface area (Å²) in [5.41, 5.74) is 3.04. The van der Waals surface area contributed by atoms with E-state index in [1.54, 1.807) is 60.7 Å². The Balaban J connectivity index is 1.33. The number of hydrogen-bond acceptors (Lipinski definition) is 4. The van der Waals surface area contributed by atoms with Gasteiger partial charge in [0.15, 0.2) is 0 Å². The molecular weight excluding hydrogens is 705 g/mol. The second-order valence-corrected chi connectivity index (χ2v) is 12.9. The van der Waals surface area contributed by atoms with E-state index in [1.807, 2.05) is 72.8 Å². The summed E-state index contributed by atoms with van der Waals surface area (Å²) in [5.74, 6) is -1.15. The van der Waals surface area contributed by atoms with Crippen molar-refractivity contribution in [3.8, 4) is 0 Å². The Morgan fingerprint density at radius 1 is 0.696 bits per heavy atom. The third kappa shape index (κ3) is 9.34. The minimum absolute atomic E-state index is 0.0762. The second-order valence-electron chi connectivity index (χ2n) is 9.97. The lowest BCUT2D eigenvalue weighted by Gasteiger charge is -2.18. The normalized spacial score (nSPS) is 11.8. The van der Waals surface area contributed by atoms with E-state index < -0.39 is 17.1 Å². The fourth-order valence-electron chi connectivity index (χ4n) is 4.39. The summed E-state index contributed by atoms with van der Waals surface area (Å²) in [6, 6.07) is 37.5. The van der Waals surface area contributed by atoms with Crippen LogP contribution in [0.15, 0.2) is 142 Å². The zero-order valence-electron chi connectivity index (χ0n) is 24.0. The zero-order valence-corrected chi connectivity index (χ0v) is 28.0. The molecule has 5 aromatic rings. The molecule has 0 aliphatic rings. The van der Waals surface area contributed by atoms with Crippen LogP contribution in [0.4, 0.5) is 11.4 Å². The molecule has 0 aromatic heterocycles. The molecule has 6 nitrogen and oxygen atoms in total. The van der Waals surface area contributed by atoms with Crippen molar-refractivity contribution in [1.82, 2.24) is 5.32 Å². The molecule has 0 saturated carbocycles. The van der Waals surface area contributed by atoms with Crippen LogP contribution in [0.25, 0.3) is 6.08 Å². The molecule has 3 amide bonds. The smallest absolute Gasteiger partial charge is 0.272 e. The molecule has 1 unspecified atom stereocenters. The highest BCUT2D eigenvalue weighted by atomic mass is 79.9. The molecule has 5 aromatic carbocycles. The number of anilines is 2. The van der Waals surface area contributed by atoms with Gasteiger partial charge in [0.1, 0.15) is 10.9 Å². The summed E-state index contributed by atoms with van der Waals surface area (Å²) in [6.07, 6.45) is 1.61. The zero-order chi connectivity index (χ0) is 32.5. The predicted molar refractivity (Wildman–Crippen MR) is 191 cm³/mol. The summed E-state index contributed by atoms with van der Waals surface area (Å²) in [7, 11) is 0. The molecule has 230 valence electrons. The molecule has 0 aliphatic carbocycles. The lowest BCUT2D eigenvalue weighted by Crippen LogP contribution is -2.30. The first kappa shape index (κ1) is 33.0. The summed E-state index contributed by atoms with van der Waals surface area (Å²) >= 11 is 17.1. The van der Waals surface area contributed by atoms with Crippen LogP contribution in [0.3, 0.4) is 0 Å². The van der Waals surface area contributed by atoms with Crippen LogP contribution < -0.4 is 16.0 Å². The largest absolute Gasteiger partial charge is 0.325 e. The fourth-order valence-corrected chi connectivity index (χ4v) is 6.36. The molecule has 10 heteroatoms. The number of thioether (sulfide) groups is 1. The topological polar surface area (TPSA) is 87.3 Å². The highest BCUT2D eigenvalue weighted by Crippen LogP contribution is 2.37.